The molecule has 0 radical (unpaired) electrons. The second kappa shape index (κ2) is 11.4. The van der Waals surface area contributed by atoms with Crippen molar-refractivity contribution in [1.82, 2.24) is 0 Å². The number of fused-ring (bicyclic) bond motifs is 5. The Hall–Kier alpha value is -5.27. The molecule has 1 saturated carbocycles. The van der Waals surface area contributed by atoms with Gasteiger partial charge in [0, 0.05) is 4.47 Å². The largest absolute Gasteiger partial charge is 0.497 e. The lowest BCUT2D eigenvalue weighted by molar-refractivity contribution is -0.130. The average Bonchev–Trinajstić information content (AvgIpc) is 3.65. The fraction of sp³-hybridized carbons (Fsp3) is 0.167. The van der Waals surface area contributed by atoms with Gasteiger partial charge in [-0.3, -0.25) is 14.4 Å². The van der Waals surface area contributed by atoms with E-state index in [9.17, 15) is 0 Å². The number of methoxy groups -OCH3 is 2. The molecule has 0 unspecified atom stereocenters. The van der Waals surface area contributed by atoms with Crippen molar-refractivity contribution in [3.63, 3.8) is 0 Å². The van der Waals surface area contributed by atoms with Gasteiger partial charge in [0.1, 0.15) is 11.5 Å². The number of ether oxygens (including phenoxy) is 2. The lowest BCUT2D eigenvalue weighted by Gasteiger charge is -2.39. The number of anilines is 1. The first-order chi connectivity index (χ1) is 23.8. The van der Waals surface area contributed by atoms with Crippen molar-refractivity contribution in [3.05, 3.63) is 160 Å². The van der Waals surface area contributed by atoms with Crippen molar-refractivity contribution in [2.45, 2.75) is 17.8 Å². The van der Waals surface area contributed by atoms with E-state index < -0.39 is 22.7 Å². The second-order valence-electron chi connectivity index (χ2n) is 12.8. The molecule has 1 heterocycles. The number of carbonyl (C=O) groups is 3. The zero-order valence-corrected chi connectivity index (χ0v) is 28.7. The summed E-state index contributed by atoms with van der Waals surface area (Å²) in [5.41, 5.74) is 2.80. The molecule has 5 aromatic rings. The van der Waals surface area contributed by atoms with Crippen LogP contribution in [0.4, 0.5) is 5.69 Å². The normalized spacial score (nSPS) is 24.1. The Labute approximate surface area is 293 Å². The number of allylic oxidation sites excluding steroid dienone is 2. The molecule has 0 spiro atoms. The topological polar surface area (TPSA) is 72.9 Å². The molecular formula is C42H32BrNO5. The molecule has 6 nitrogen and oxygen atoms in total. The van der Waals surface area contributed by atoms with Gasteiger partial charge in [-0.2, -0.15) is 0 Å². The van der Waals surface area contributed by atoms with E-state index in [4.69, 9.17) is 9.47 Å². The van der Waals surface area contributed by atoms with Gasteiger partial charge in [-0.25, -0.2) is 4.90 Å². The minimum Gasteiger partial charge on any atom is -0.497 e. The maximum absolute atomic E-state index is 16.1. The zero-order valence-electron chi connectivity index (χ0n) is 27.1. The lowest BCUT2D eigenvalue weighted by atomic mass is 9.59. The predicted molar refractivity (Wildman–Crippen MR) is 192 cm³/mol. The van der Waals surface area contributed by atoms with E-state index in [-0.39, 0.29) is 17.6 Å². The predicted octanol–water partition coefficient (Wildman–Crippen LogP) is 7.96. The molecular weight excluding hydrogens is 678 g/mol. The molecule has 1 saturated heterocycles. The van der Waals surface area contributed by atoms with Crippen LogP contribution in [0.15, 0.2) is 132 Å². The van der Waals surface area contributed by atoms with Crippen LogP contribution in [0.25, 0.3) is 11.1 Å². The lowest BCUT2D eigenvalue weighted by Crippen LogP contribution is -2.45. The third-order valence-corrected chi connectivity index (χ3v) is 11.5. The molecule has 0 aromatic heterocycles. The van der Waals surface area contributed by atoms with Crippen LogP contribution < -0.4 is 14.4 Å². The number of amides is 2. The maximum Gasteiger partial charge on any atom is 0.239 e. The highest BCUT2D eigenvalue weighted by atomic mass is 79.9. The number of Topliss-reactive ketones (excluding diaryl/α,β-unsaturated/α-hetero) is 1. The van der Waals surface area contributed by atoms with Gasteiger partial charge in [0.2, 0.25) is 11.8 Å². The molecule has 0 N–H and O–H groups in total. The molecule has 2 aliphatic carbocycles. The van der Waals surface area contributed by atoms with Crippen LogP contribution in [-0.2, 0) is 25.2 Å². The van der Waals surface area contributed by atoms with Gasteiger partial charge in [0.05, 0.1) is 42.6 Å². The summed E-state index contributed by atoms with van der Waals surface area (Å²) in [7, 11) is 3.22. The second-order valence-corrected chi connectivity index (χ2v) is 13.6. The molecule has 49 heavy (non-hydrogen) atoms. The highest BCUT2D eigenvalue weighted by molar-refractivity contribution is 9.10. The highest BCUT2D eigenvalue weighted by Crippen LogP contribution is 2.74. The first-order valence-electron chi connectivity index (χ1n) is 16.1. The molecule has 4 atom stereocenters. The highest BCUT2D eigenvalue weighted by Gasteiger charge is 2.82. The van der Waals surface area contributed by atoms with Crippen LogP contribution in [0.5, 0.6) is 11.5 Å². The van der Waals surface area contributed by atoms with E-state index in [1.807, 2.05) is 128 Å². The molecule has 3 aliphatic rings. The Kier molecular flexibility index (Phi) is 7.23. The monoisotopic (exact) mass is 709 g/mol. The summed E-state index contributed by atoms with van der Waals surface area (Å²) in [6.45, 7) is 1.95. The fourth-order valence-electron chi connectivity index (χ4n) is 8.62. The SMILES string of the molecule is COc1ccc(C2=C(c3ccc(OC)cc3)[C@@]3(c4ccccc4)C(=O)[C@]2(c2ccccc2)[C@@H]2C(=O)N(c4ccc(C)c(Br)c4)C(=O)[C@@H]23)cc1. The Balaban J connectivity index is 1.54. The molecule has 2 bridgehead atoms. The van der Waals surface area contributed by atoms with Crippen LogP contribution in [0.2, 0.25) is 0 Å². The number of benzene rings is 5. The molecule has 8 rings (SSSR count). The molecule has 1 aliphatic heterocycles. The standard InChI is InChI=1S/C42H32BrNO5/c1-25-14-19-30(24-33(25)43)44-38(45)36-37(39(44)46)42(29-12-8-5-9-13-29)35(27-17-22-32(49-3)23-18-27)34(26-15-20-31(48-2)21-16-26)41(36,40(42)47)28-10-6-4-7-11-28/h4-24,36-37H,1-3H3/t36-,37+,41-,42+. The van der Waals surface area contributed by atoms with Gasteiger partial charge in [0.25, 0.3) is 0 Å². The molecule has 2 amide bonds. The number of rotatable bonds is 7. The van der Waals surface area contributed by atoms with Gasteiger partial charge in [0.15, 0.2) is 5.78 Å². The third kappa shape index (κ3) is 4.09. The van der Waals surface area contributed by atoms with Crippen LogP contribution >= 0.6 is 15.9 Å². The number of carbonyl (C=O) groups excluding carboxylic acids is 3. The van der Waals surface area contributed by atoms with E-state index in [0.29, 0.717) is 28.3 Å². The van der Waals surface area contributed by atoms with Crippen molar-refractivity contribution in [2.75, 3.05) is 19.1 Å². The minimum atomic E-state index is -1.49. The van der Waals surface area contributed by atoms with Gasteiger partial charge in [-0.15, -0.1) is 0 Å². The summed E-state index contributed by atoms with van der Waals surface area (Å²) < 4.78 is 11.8. The third-order valence-electron chi connectivity index (χ3n) is 10.6. The summed E-state index contributed by atoms with van der Waals surface area (Å²) in [5.74, 6) is -1.63. The van der Waals surface area contributed by atoms with Crippen LogP contribution in [0, 0.1) is 18.8 Å². The zero-order chi connectivity index (χ0) is 34.1. The first kappa shape index (κ1) is 31.0. The molecule has 2 fully saturated rings. The van der Waals surface area contributed by atoms with Crippen molar-refractivity contribution in [1.29, 1.82) is 0 Å². The Bertz CT molecular complexity index is 2050. The Morgan fingerprint density at radius 2 is 1.02 bits per heavy atom. The minimum absolute atomic E-state index is 0.171. The van der Waals surface area contributed by atoms with Crippen LogP contribution in [0.1, 0.15) is 27.8 Å². The number of imide groups is 1. The summed E-state index contributed by atoms with van der Waals surface area (Å²) >= 11 is 3.61. The van der Waals surface area contributed by atoms with E-state index >= 15 is 14.4 Å². The average molecular weight is 711 g/mol. The summed E-state index contributed by atoms with van der Waals surface area (Å²) in [6.07, 6.45) is 0. The van der Waals surface area contributed by atoms with Gasteiger partial charge < -0.3 is 9.47 Å². The number of hydrogen-bond donors (Lipinski definition) is 0. The molecule has 7 heteroatoms. The summed E-state index contributed by atoms with van der Waals surface area (Å²) in [5, 5.41) is 0. The van der Waals surface area contributed by atoms with Crippen molar-refractivity contribution >= 4 is 50.4 Å². The quantitative estimate of drug-likeness (QED) is 0.160. The number of ketones is 1. The van der Waals surface area contributed by atoms with Crippen molar-refractivity contribution < 1.29 is 23.9 Å². The number of halogens is 1. The van der Waals surface area contributed by atoms with Gasteiger partial charge in [-0.05, 0) is 82.3 Å². The number of hydrogen-bond acceptors (Lipinski definition) is 5. The maximum atomic E-state index is 16.1. The van der Waals surface area contributed by atoms with Crippen molar-refractivity contribution in [3.8, 4) is 11.5 Å². The van der Waals surface area contributed by atoms with E-state index in [1.54, 1.807) is 20.3 Å². The summed E-state index contributed by atoms with van der Waals surface area (Å²) in [4.78, 5) is 47.7. The Morgan fingerprint density at radius 3 is 1.41 bits per heavy atom. The van der Waals surface area contributed by atoms with Crippen LogP contribution in [0.3, 0.4) is 0 Å². The first-order valence-corrected chi connectivity index (χ1v) is 16.9. The van der Waals surface area contributed by atoms with E-state index in [0.717, 1.165) is 32.3 Å². The summed E-state index contributed by atoms with van der Waals surface area (Å²) in [6, 6.07) is 39.8. The number of nitrogens with zero attached hydrogens (tertiary/aromatic N) is 1. The van der Waals surface area contributed by atoms with Gasteiger partial charge >= 0.3 is 0 Å². The van der Waals surface area contributed by atoms with Crippen molar-refractivity contribution in [2.24, 2.45) is 11.8 Å². The smallest absolute Gasteiger partial charge is 0.239 e. The molecule has 242 valence electrons. The van der Waals surface area contributed by atoms with Gasteiger partial charge in [-0.1, -0.05) is 107 Å². The fourth-order valence-corrected chi connectivity index (χ4v) is 8.98. The number of aryl methyl sites for hydroxylation is 1. The van der Waals surface area contributed by atoms with E-state index in [1.165, 1.54) is 4.90 Å². The van der Waals surface area contributed by atoms with Crippen LogP contribution in [-0.4, -0.2) is 31.8 Å². The Morgan fingerprint density at radius 1 is 0.592 bits per heavy atom. The molecule has 5 aromatic carbocycles. The van der Waals surface area contributed by atoms with E-state index in [2.05, 4.69) is 15.9 Å².